The molecule has 0 aromatic carbocycles. The highest BCUT2D eigenvalue weighted by Crippen LogP contribution is 2.17. The van der Waals surface area contributed by atoms with Crippen LogP contribution in [0.2, 0.25) is 0 Å². The average Bonchev–Trinajstić information content (AvgIpc) is 2.14. The Labute approximate surface area is 112 Å². The number of hydrogen-bond donors (Lipinski definition) is 1. The van der Waals surface area contributed by atoms with Crippen molar-refractivity contribution >= 4 is 21.7 Å². The zero-order chi connectivity index (χ0) is 13.0. The SMILES string of the molecule is CC(CN(C)C)Nc1cc(Br)nc(C(C)C)n1. The number of nitrogens with one attached hydrogen (secondary N) is 1. The minimum absolute atomic E-state index is 0.331. The summed E-state index contributed by atoms with van der Waals surface area (Å²) in [7, 11) is 4.13. The van der Waals surface area contributed by atoms with Crippen LogP contribution in [0.5, 0.6) is 0 Å². The van der Waals surface area contributed by atoms with Gasteiger partial charge in [0, 0.05) is 24.6 Å². The molecule has 0 aliphatic heterocycles. The van der Waals surface area contributed by atoms with Gasteiger partial charge < -0.3 is 10.2 Å². The minimum Gasteiger partial charge on any atom is -0.366 e. The van der Waals surface area contributed by atoms with Crippen LogP contribution in [0.1, 0.15) is 32.5 Å². The minimum atomic E-state index is 0.331. The van der Waals surface area contributed by atoms with Gasteiger partial charge >= 0.3 is 0 Å². The van der Waals surface area contributed by atoms with Gasteiger partial charge in [0.15, 0.2) is 0 Å². The number of hydrogen-bond acceptors (Lipinski definition) is 4. The quantitative estimate of drug-likeness (QED) is 0.849. The van der Waals surface area contributed by atoms with E-state index in [0.717, 1.165) is 22.8 Å². The molecule has 4 nitrogen and oxygen atoms in total. The molecule has 0 radical (unpaired) electrons. The zero-order valence-electron chi connectivity index (χ0n) is 11.2. The van der Waals surface area contributed by atoms with Gasteiger partial charge in [0.2, 0.25) is 0 Å². The Morgan fingerprint density at radius 3 is 2.47 bits per heavy atom. The summed E-state index contributed by atoms with van der Waals surface area (Å²) in [5, 5.41) is 3.39. The summed E-state index contributed by atoms with van der Waals surface area (Å²) in [6.07, 6.45) is 0. The molecule has 1 aromatic rings. The monoisotopic (exact) mass is 300 g/mol. The molecule has 0 aliphatic rings. The molecule has 1 N–H and O–H groups in total. The van der Waals surface area contributed by atoms with E-state index < -0.39 is 0 Å². The standard InChI is InChI=1S/C12H21BrN4/c1-8(2)12-15-10(13)6-11(16-12)14-9(3)7-17(4)5/h6,8-9H,7H2,1-5H3,(H,14,15,16). The first kappa shape index (κ1) is 14.4. The van der Waals surface area contributed by atoms with Crippen LogP contribution < -0.4 is 5.32 Å². The van der Waals surface area contributed by atoms with Crippen molar-refractivity contribution in [2.45, 2.75) is 32.7 Å². The first-order valence-corrected chi connectivity index (χ1v) is 6.63. The maximum Gasteiger partial charge on any atom is 0.134 e. The summed E-state index contributed by atoms with van der Waals surface area (Å²) in [6, 6.07) is 2.27. The van der Waals surface area contributed by atoms with E-state index in [0.29, 0.717) is 12.0 Å². The van der Waals surface area contributed by atoms with E-state index in [4.69, 9.17) is 0 Å². The molecule has 1 aromatic heterocycles. The van der Waals surface area contributed by atoms with Gasteiger partial charge in [-0.1, -0.05) is 13.8 Å². The van der Waals surface area contributed by atoms with E-state index in [9.17, 15) is 0 Å². The van der Waals surface area contributed by atoms with Gasteiger partial charge in [-0.2, -0.15) is 0 Å². The average molecular weight is 301 g/mol. The third-order valence-corrected chi connectivity index (χ3v) is 2.67. The van der Waals surface area contributed by atoms with Crippen molar-refractivity contribution in [2.75, 3.05) is 26.0 Å². The van der Waals surface area contributed by atoms with Gasteiger partial charge in [-0.25, -0.2) is 9.97 Å². The van der Waals surface area contributed by atoms with Crippen LogP contribution in [0, 0.1) is 0 Å². The lowest BCUT2D eigenvalue weighted by molar-refractivity contribution is 0.392. The number of halogens is 1. The molecular formula is C12H21BrN4. The summed E-state index contributed by atoms with van der Waals surface area (Å²) in [5.74, 6) is 2.07. The van der Waals surface area contributed by atoms with Gasteiger partial charge in [-0.05, 0) is 36.9 Å². The molecule has 0 fully saturated rings. The molecule has 0 saturated carbocycles. The van der Waals surface area contributed by atoms with E-state index in [2.05, 4.69) is 71.0 Å². The third-order valence-electron chi connectivity index (χ3n) is 2.26. The summed E-state index contributed by atoms with van der Waals surface area (Å²) < 4.78 is 0.829. The Hall–Kier alpha value is -0.680. The Morgan fingerprint density at radius 1 is 1.29 bits per heavy atom. The molecule has 96 valence electrons. The molecule has 5 heteroatoms. The predicted octanol–water partition coefficient (Wildman–Crippen LogP) is 2.72. The summed E-state index contributed by atoms with van der Waals surface area (Å²) >= 11 is 3.42. The van der Waals surface area contributed by atoms with E-state index in [-0.39, 0.29) is 0 Å². The molecule has 0 spiro atoms. The molecule has 0 saturated heterocycles. The summed E-state index contributed by atoms with van der Waals surface area (Å²) in [5.41, 5.74) is 0. The normalized spacial score (nSPS) is 13.2. The first-order chi connectivity index (χ1) is 7.88. The van der Waals surface area contributed by atoms with E-state index in [1.54, 1.807) is 0 Å². The van der Waals surface area contributed by atoms with Crippen LogP contribution >= 0.6 is 15.9 Å². The Kier molecular flexibility index (Phi) is 5.33. The second kappa shape index (κ2) is 6.31. The van der Waals surface area contributed by atoms with Crippen LogP contribution in [-0.4, -0.2) is 41.5 Å². The van der Waals surface area contributed by atoms with Crippen molar-refractivity contribution < 1.29 is 0 Å². The van der Waals surface area contributed by atoms with Crippen molar-refractivity contribution in [2.24, 2.45) is 0 Å². The van der Waals surface area contributed by atoms with Gasteiger partial charge in [0.05, 0.1) is 0 Å². The Balaban J connectivity index is 2.77. The highest BCUT2D eigenvalue weighted by molar-refractivity contribution is 9.10. The predicted molar refractivity (Wildman–Crippen MR) is 75.5 cm³/mol. The summed E-state index contributed by atoms with van der Waals surface area (Å²) in [4.78, 5) is 11.0. The molecule has 0 bridgehead atoms. The lowest BCUT2D eigenvalue weighted by Gasteiger charge is -2.19. The van der Waals surface area contributed by atoms with Crippen LogP contribution in [0.25, 0.3) is 0 Å². The second-order valence-corrected chi connectivity index (χ2v) is 5.71. The topological polar surface area (TPSA) is 41.0 Å². The van der Waals surface area contributed by atoms with Gasteiger partial charge in [-0.15, -0.1) is 0 Å². The molecule has 1 unspecified atom stereocenters. The first-order valence-electron chi connectivity index (χ1n) is 5.84. The fourth-order valence-electron chi connectivity index (χ4n) is 1.61. The van der Waals surface area contributed by atoms with Crippen molar-refractivity contribution in [3.8, 4) is 0 Å². The summed E-state index contributed by atoms with van der Waals surface area (Å²) in [6.45, 7) is 7.30. The molecule has 1 rings (SSSR count). The molecule has 17 heavy (non-hydrogen) atoms. The molecular weight excluding hydrogens is 280 g/mol. The maximum atomic E-state index is 4.51. The lowest BCUT2D eigenvalue weighted by atomic mass is 10.2. The van der Waals surface area contributed by atoms with Crippen molar-refractivity contribution in [3.63, 3.8) is 0 Å². The van der Waals surface area contributed by atoms with Gasteiger partial charge in [0.25, 0.3) is 0 Å². The number of rotatable bonds is 5. The maximum absolute atomic E-state index is 4.51. The lowest BCUT2D eigenvalue weighted by Crippen LogP contribution is -2.30. The fourth-order valence-corrected chi connectivity index (χ4v) is 2.01. The smallest absolute Gasteiger partial charge is 0.134 e. The number of aromatic nitrogens is 2. The fraction of sp³-hybridized carbons (Fsp3) is 0.667. The van der Waals surface area contributed by atoms with Crippen LogP contribution in [0.15, 0.2) is 10.7 Å². The molecule has 1 atom stereocenters. The van der Waals surface area contributed by atoms with E-state index in [1.807, 2.05) is 6.07 Å². The number of anilines is 1. The molecule has 1 heterocycles. The van der Waals surface area contributed by atoms with Crippen LogP contribution in [-0.2, 0) is 0 Å². The van der Waals surface area contributed by atoms with Gasteiger partial charge in [0.1, 0.15) is 16.2 Å². The van der Waals surface area contributed by atoms with E-state index in [1.165, 1.54) is 0 Å². The van der Waals surface area contributed by atoms with E-state index >= 15 is 0 Å². The molecule has 0 amide bonds. The van der Waals surface area contributed by atoms with Crippen LogP contribution in [0.4, 0.5) is 5.82 Å². The third kappa shape index (κ3) is 5.00. The Morgan fingerprint density at radius 2 is 1.94 bits per heavy atom. The zero-order valence-corrected chi connectivity index (χ0v) is 12.7. The number of nitrogens with zero attached hydrogens (tertiary/aromatic N) is 3. The highest BCUT2D eigenvalue weighted by atomic mass is 79.9. The van der Waals surface area contributed by atoms with Crippen molar-refractivity contribution in [3.05, 3.63) is 16.5 Å². The van der Waals surface area contributed by atoms with Crippen molar-refractivity contribution in [1.82, 2.24) is 14.9 Å². The largest absolute Gasteiger partial charge is 0.366 e. The second-order valence-electron chi connectivity index (χ2n) is 4.90. The number of likely N-dealkylation sites (N-methyl/N-ethyl adjacent to an activating group) is 1. The highest BCUT2D eigenvalue weighted by Gasteiger charge is 2.09. The molecule has 0 aliphatic carbocycles. The Bertz CT molecular complexity index is 366. The van der Waals surface area contributed by atoms with Crippen LogP contribution in [0.3, 0.4) is 0 Å². The van der Waals surface area contributed by atoms with Crippen molar-refractivity contribution in [1.29, 1.82) is 0 Å². The van der Waals surface area contributed by atoms with Gasteiger partial charge in [-0.3, -0.25) is 0 Å².